The Kier molecular flexibility index (Phi) is 4.15. The molecule has 2 rings (SSSR count). The normalized spacial score (nSPS) is 24.0. The van der Waals surface area contributed by atoms with Gasteiger partial charge in [0.25, 0.3) is 0 Å². The van der Waals surface area contributed by atoms with Crippen LogP contribution in [0.2, 0.25) is 0 Å². The molecule has 0 spiro atoms. The average Bonchev–Trinajstić information content (AvgIpc) is 2.35. The summed E-state index contributed by atoms with van der Waals surface area (Å²) < 4.78 is 13.8. The van der Waals surface area contributed by atoms with Gasteiger partial charge in [0.1, 0.15) is 5.82 Å². The zero-order chi connectivity index (χ0) is 13.1. The Bertz CT molecular complexity index is 420. The van der Waals surface area contributed by atoms with Crippen LogP contribution in [0.4, 0.5) is 10.2 Å². The average molecular weight is 251 g/mol. The number of hydrogen-bond acceptors (Lipinski definition) is 3. The van der Waals surface area contributed by atoms with Crippen LogP contribution in [0.25, 0.3) is 0 Å². The first kappa shape index (κ1) is 13.2. The van der Waals surface area contributed by atoms with Gasteiger partial charge in [0.15, 0.2) is 11.6 Å². The van der Waals surface area contributed by atoms with E-state index < -0.39 is 0 Å². The fraction of sp³-hybridized carbons (Fsp3) is 0.714. The Labute approximate surface area is 108 Å². The smallest absolute Gasteiger partial charge is 0.186 e. The Morgan fingerprint density at radius 3 is 2.78 bits per heavy atom. The monoisotopic (exact) mass is 251 g/mol. The molecule has 2 unspecified atom stereocenters. The Morgan fingerprint density at radius 1 is 1.33 bits per heavy atom. The van der Waals surface area contributed by atoms with E-state index in [0.29, 0.717) is 24.0 Å². The van der Waals surface area contributed by atoms with Crippen molar-refractivity contribution in [2.75, 3.05) is 11.9 Å². The lowest BCUT2D eigenvalue weighted by molar-refractivity contribution is 0.334. The molecule has 1 N–H and O–H groups in total. The van der Waals surface area contributed by atoms with Crippen LogP contribution < -0.4 is 5.32 Å². The van der Waals surface area contributed by atoms with Crippen LogP contribution in [0, 0.1) is 18.7 Å². The number of anilines is 1. The Morgan fingerprint density at radius 2 is 2.11 bits per heavy atom. The highest BCUT2D eigenvalue weighted by molar-refractivity contribution is 5.38. The van der Waals surface area contributed by atoms with E-state index in [1.165, 1.54) is 12.8 Å². The van der Waals surface area contributed by atoms with E-state index >= 15 is 0 Å². The second-order valence-corrected chi connectivity index (χ2v) is 5.33. The summed E-state index contributed by atoms with van der Waals surface area (Å²) in [5, 5.41) is 2.98. The molecular weight excluding hydrogens is 229 g/mol. The lowest BCUT2D eigenvalue weighted by Crippen LogP contribution is -2.17. The Balaban J connectivity index is 2.27. The summed E-state index contributed by atoms with van der Waals surface area (Å²) in [5.74, 6) is 1.98. The van der Waals surface area contributed by atoms with Gasteiger partial charge in [-0.3, -0.25) is 0 Å². The van der Waals surface area contributed by atoms with Crippen molar-refractivity contribution < 1.29 is 4.39 Å². The van der Waals surface area contributed by atoms with Crippen LogP contribution in [0.3, 0.4) is 0 Å². The molecule has 1 aliphatic carbocycles. The minimum absolute atomic E-state index is 0.315. The molecule has 2 atom stereocenters. The summed E-state index contributed by atoms with van der Waals surface area (Å²) in [4.78, 5) is 8.73. The number of rotatable bonds is 3. The summed E-state index contributed by atoms with van der Waals surface area (Å²) in [5.41, 5.74) is 0.453. The van der Waals surface area contributed by atoms with Gasteiger partial charge in [0.05, 0.1) is 5.69 Å². The summed E-state index contributed by atoms with van der Waals surface area (Å²) in [7, 11) is 0. The van der Waals surface area contributed by atoms with Gasteiger partial charge < -0.3 is 5.32 Å². The molecule has 3 nitrogen and oxygen atoms in total. The molecule has 1 aliphatic rings. The first-order valence-electron chi connectivity index (χ1n) is 6.89. The molecule has 100 valence electrons. The van der Waals surface area contributed by atoms with Gasteiger partial charge in [0.2, 0.25) is 0 Å². The van der Waals surface area contributed by atoms with Crippen molar-refractivity contribution in [2.45, 2.75) is 52.4 Å². The minimum Gasteiger partial charge on any atom is -0.368 e. The third-order valence-corrected chi connectivity index (χ3v) is 3.68. The van der Waals surface area contributed by atoms with Gasteiger partial charge in [-0.05, 0) is 32.6 Å². The first-order chi connectivity index (χ1) is 8.61. The molecule has 1 saturated carbocycles. The predicted molar refractivity (Wildman–Crippen MR) is 71.3 cm³/mol. The van der Waals surface area contributed by atoms with Gasteiger partial charge in [-0.1, -0.05) is 19.8 Å². The molecule has 0 bridgehead atoms. The van der Waals surface area contributed by atoms with E-state index in [2.05, 4.69) is 22.2 Å². The number of hydrogen-bond donors (Lipinski definition) is 1. The van der Waals surface area contributed by atoms with Crippen LogP contribution in [0.5, 0.6) is 0 Å². The fourth-order valence-electron chi connectivity index (χ4n) is 2.72. The van der Waals surface area contributed by atoms with Gasteiger partial charge in [0, 0.05) is 12.5 Å². The van der Waals surface area contributed by atoms with Gasteiger partial charge in [-0.15, -0.1) is 0 Å². The highest BCUT2D eigenvalue weighted by atomic mass is 19.1. The van der Waals surface area contributed by atoms with Crippen molar-refractivity contribution >= 4 is 5.82 Å². The molecule has 1 aromatic heterocycles. The number of nitrogens with zero attached hydrogens (tertiary/aromatic N) is 2. The summed E-state index contributed by atoms with van der Waals surface area (Å²) >= 11 is 0. The minimum atomic E-state index is -0.315. The third-order valence-electron chi connectivity index (χ3n) is 3.68. The van der Waals surface area contributed by atoms with E-state index in [0.717, 1.165) is 24.6 Å². The van der Waals surface area contributed by atoms with E-state index in [1.54, 1.807) is 6.92 Å². The predicted octanol–water partition coefficient (Wildman–Crippen LogP) is 3.65. The maximum Gasteiger partial charge on any atom is 0.186 e. The van der Waals surface area contributed by atoms with Crippen molar-refractivity contribution in [3.05, 3.63) is 17.3 Å². The fourth-order valence-corrected chi connectivity index (χ4v) is 2.72. The molecule has 1 fully saturated rings. The van der Waals surface area contributed by atoms with E-state index in [4.69, 9.17) is 0 Å². The highest BCUT2D eigenvalue weighted by Gasteiger charge is 2.24. The number of aryl methyl sites for hydroxylation is 1. The van der Waals surface area contributed by atoms with Crippen LogP contribution in [-0.4, -0.2) is 16.5 Å². The van der Waals surface area contributed by atoms with E-state index in [1.807, 2.05) is 6.92 Å². The van der Waals surface area contributed by atoms with Gasteiger partial charge >= 0.3 is 0 Å². The zero-order valence-corrected chi connectivity index (χ0v) is 11.5. The summed E-state index contributed by atoms with van der Waals surface area (Å²) in [6.45, 7) is 6.61. The molecule has 1 heterocycles. The number of nitrogens with one attached hydrogen (secondary N) is 1. The van der Waals surface area contributed by atoms with Crippen LogP contribution in [-0.2, 0) is 0 Å². The maximum atomic E-state index is 13.8. The topological polar surface area (TPSA) is 37.8 Å². The van der Waals surface area contributed by atoms with Crippen LogP contribution >= 0.6 is 0 Å². The van der Waals surface area contributed by atoms with Gasteiger partial charge in [-0.2, -0.15) is 0 Å². The molecule has 18 heavy (non-hydrogen) atoms. The van der Waals surface area contributed by atoms with E-state index in [-0.39, 0.29) is 5.82 Å². The maximum absolute atomic E-state index is 13.8. The van der Waals surface area contributed by atoms with Crippen molar-refractivity contribution in [3.63, 3.8) is 0 Å². The molecule has 0 aromatic carbocycles. The van der Waals surface area contributed by atoms with Crippen molar-refractivity contribution in [3.8, 4) is 0 Å². The Hall–Kier alpha value is -1.19. The van der Waals surface area contributed by atoms with E-state index in [9.17, 15) is 4.39 Å². The standard InChI is InChI=1S/C14H22FN3/c1-4-16-14-12(15)10(3)17-13(18-14)11-7-5-6-9(2)8-11/h9,11H,4-8H2,1-3H3,(H,16,17,18). The molecule has 0 amide bonds. The first-order valence-corrected chi connectivity index (χ1v) is 6.89. The molecule has 0 radical (unpaired) electrons. The van der Waals surface area contributed by atoms with Crippen LogP contribution in [0.1, 0.15) is 57.0 Å². The van der Waals surface area contributed by atoms with Crippen molar-refractivity contribution in [1.29, 1.82) is 0 Å². The quantitative estimate of drug-likeness (QED) is 0.891. The van der Waals surface area contributed by atoms with Crippen LogP contribution in [0.15, 0.2) is 0 Å². The van der Waals surface area contributed by atoms with Crippen molar-refractivity contribution in [1.82, 2.24) is 9.97 Å². The highest BCUT2D eigenvalue weighted by Crippen LogP contribution is 2.35. The number of halogens is 1. The summed E-state index contributed by atoms with van der Waals surface area (Å²) in [6, 6.07) is 0. The second kappa shape index (κ2) is 5.63. The zero-order valence-electron chi connectivity index (χ0n) is 11.5. The molecule has 4 heteroatoms. The molecule has 0 aliphatic heterocycles. The lowest BCUT2D eigenvalue weighted by Gasteiger charge is -2.26. The SMILES string of the molecule is CCNc1nc(C2CCCC(C)C2)nc(C)c1F. The molecule has 0 saturated heterocycles. The molecule has 1 aromatic rings. The van der Waals surface area contributed by atoms with Crippen molar-refractivity contribution in [2.24, 2.45) is 5.92 Å². The summed E-state index contributed by atoms with van der Waals surface area (Å²) in [6.07, 6.45) is 4.76. The second-order valence-electron chi connectivity index (χ2n) is 5.33. The molecular formula is C14H22FN3. The number of aromatic nitrogens is 2. The largest absolute Gasteiger partial charge is 0.368 e. The van der Waals surface area contributed by atoms with Gasteiger partial charge in [-0.25, -0.2) is 14.4 Å². The third kappa shape index (κ3) is 2.79. The lowest BCUT2D eigenvalue weighted by atomic mass is 9.82.